The van der Waals surface area contributed by atoms with E-state index in [1.54, 1.807) is 0 Å². The van der Waals surface area contributed by atoms with Crippen LogP contribution in [-0.2, 0) is 28.6 Å². The smallest absolute Gasteiger partial charge is 0.264 e. The minimum absolute atomic E-state index is 0.187. The standard InChI is InChI=1S/C12H16O6S2/c1-19(13,14)17-11-7-3-4-5(7)10-9(11)6(3)8(4)12(10)18-20(2,15)16/h3-12H,1-2H3/t3-,4-,5+,6+,7-,8+,9-,10+,11+,12+/m1/s1. The van der Waals surface area contributed by atoms with Crippen molar-refractivity contribution in [1.29, 1.82) is 0 Å². The summed E-state index contributed by atoms with van der Waals surface area (Å²) in [7, 11) is -6.92. The Morgan fingerprint density at radius 3 is 1.10 bits per heavy atom. The molecule has 0 N–H and O–H groups in total. The first kappa shape index (κ1) is 12.4. The predicted molar refractivity (Wildman–Crippen MR) is 67.4 cm³/mol. The van der Waals surface area contributed by atoms with Crippen LogP contribution < -0.4 is 0 Å². The summed E-state index contributed by atoms with van der Waals surface area (Å²) < 4.78 is 56.4. The molecule has 0 aromatic carbocycles. The van der Waals surface area contributed by atoms with Crippen LogP contribution in [0.5, 0.6) is 0 Å². The van der Waals surface area contributed by atoms with E-state index in [4.69, 9.17) is 8.37 Å². The summed E-state index contributed by atoms with van der Waals surface area (Å²) in [6, 6.07) is 0. The Balaban J connectivity index is 1.50. The van der Waals surface area contributed by atoms with E-state index in [-0.39, 0.29) is 24.0 Å². The molecule has 0 aliphatic heterocycles. The van der Waals surface area contributed by atoms with Crippen molar-refractivity contribution in [3.8, 4) is 0 Å². The molecule has 6 rings (SSSR count). The van der Waals surface area contributed by atoms with Gasteiger partial charge in [0.15, 0.2) is 0 Å². The Morgan fingerprint density at radius 1 is 0.550 bits per heavy atom. The second kappa shape index (κ2) is 3.11. The average molecular weight is 320 g/mol. The van der Waals surface area contributed by atoms with E-state index in [9.17, 15) is 16.8 Å². The number of hydrogen-bond donors (Lipinski definition) is 0. The Morgan fingerprint density at radius 2 is 0.800 bits per heavy atom. The van der Waals surface area contributed by atoms with Crippen LogP contribution in [0.2, 0.25) is 0 Å². The molecular formula is C12H16O6S2. The molecule has 20 heavy (non-hydrogen) atoms. The van der Waals surface area contributed by atoms with E-state index in [1.165, 1.54) is 0 Å². The lowest BCUT2D eigenvalue weighted by molar-refractivity contribution is -0.174. The van der Waals surface area contributed by atoms with E-state index in [0.717, 1.165) is 12.5 Å². The van der Waals surface area contributed by atoms with Crippen molar-refractivity contribution in [2.45, 2.75) is 12.2 Å². The first-order valence-corrected chi connectivity index (χ1v) is 10.6. The summed E-state index contributed by atoms with van der Waals surface area (Å²) in [4.78, 5) is 0. The van der Waals surface area contributed by atoms with Crippen LogP contribution in [-0.4, -0.2) is 41.6 Å². The van der Waals surface area contributed by atoms with Crippen molar-refractivity contribution in [3.63, 3.8) is 0 Å². The van der Waals surface area contributed by atoms with Crippen molar-refractivity contribution < 1.29 is 25.2 Å². The average Bonchev–Trinajstić information content (AvgIpc) is 2.66. The lowest BCUT2D eigenvalue weighted by Crippen LogP contribution is -2.61. The Bertz CT molecular complexity index is 650. The van der Waals surface area contributed by atoms with Gasteiger partial charge in [0.05, 0.1) is 24.7 Å². The van der Waals surface area contributed by atoms with Crippen LogP contribution in [0.3, 0.4) is 0 Å². The molecule has 0 radical (unpaired) electrons. The van der Waals surface area contributed by atoms with Crippen LogP contribution in [0.1, 0.15) is 0 Å². The molecule has 6 aliphatic carbocycles. The largest absolute Gasteiger partial charge is 0.266 e. The molecule has 0 amide bonds. The normalized spacial score (nSPS) is 60.7. The van der Waals surface area contributed by atoms with Crippen LogP contribution in [0.25, 0.3) is 0 Å². The molecule has 6 saturated carbocycles. The molecule has 10 atom stereocenters. The maximum atomic E-state index is 11.4. The fourth-order valence-electron chi connectivity index (χ4n) is 6.74. The van der Waals surface area contributed by atoms with Crippen molar-refractivity contribution in [2.75, 3.05) is 12.5 Å². The van der Waals surface area contributed by atoms with Gasteiger partial charge in [-0.05, 0) is 47.3 Å². The van der Waals surface area contributed by atoms with Gasteiger partial charge in [0.25, 0.3) is 20.2 Å². The fraction of sp³-hybridized carbons (Fsp3) is 1.00. The molecule has 0 unspecified atom stereocenters. The molecule has 8 heteroatoms. The van der Waals surface area contributed by atoms with Gasteiger partial charge in [-0.15, -0.1) is 0 Å². The Kier molecular flexibility index (Phi) is 1.93. The molecule has 0 spiro atoms. The lowest BCUT2D eigenvalue weighted by atomic mass is 9.41. The minimum atomic E-state index is -3.46. The van der Waals surface area contributed by atoms with E-state index in [2.05, 4.69) is 0 Å². The highest BCUT2D eigenvalue weighted by Gasteiger charge is 2.90. The monoisotopic (exact) mass is 320 g/mol. The maximum absolute atomic E-state index is 11.4. The minimum Gasteiger partial charge on any atom is -0.266 e. The summed E-state index contributed by atoms with van der Waals surface area (Å²) in [6.07, 6.45) is 1.72. The number of hydrogen-bond acceptors (Lipinski definition) is 6. The molecule has 6 nitrogen and oxygen atoms in total. The highest BCUT2D eigenvalue weighted by Crippen LogP contribution is 2.89. The Labute approximate surface area is 118 Å². The second-order valence-corrected chi connectivity index (χ2v) is 10.4. The van der Waals surface area contributed by atoms with Gasteiger partial charge in [0, 0.05) is 0 Å². The SMILES string of the molecule is CS(=O)(=O)O[C@@H]1[C@@H]2[C@@H]3[C@@H](OS(C)(=O)=O)[C@H]4[C@@H]2[C@@H]2[C@H]1[C@@H]3[C@H]42. The quantitative estimate of drug-likeness (QED) is 0.660. The van der Waals surface area contributed by atoms with Crippen LogP contribution in [0.15, 0.2) is 0 Å². The fourth-order valence-corrected chi connectivity index (χ4v) is 8.06. The van der Waals surface area contributed by atoms with Gasteiger partial charge in [-0.25, -0.2) is 0 Å². The zero-order chi connectivity index (χ0) is 14.2. The first-order chi connectivity index (χ1) is 9.19. The number of rotatable bonds is 4. The highest BCUT2D eigenvalue weighted by atomic mass is 32.2. The first-order valence-electron chi connectivity index (χ1n) is 6.95. The van der Waals surface area contributed by atoms with Gasteiger partial charge >= 0.3 is 0 Å². The topological polar surface area (TPSA) is 86.7 Å². The van der Waals surface area contributed by atoms with E-state index >= 15 is 0 Å². The summed E-state index contributed by atoms with van der Waals surface area (Å²) in [6.45, 7) is 0. The molecule has 0 saturated heterocycles. The van der Waals surface area contributed by atoms with Gasteiger partial charge in [0.1, 0.15) is 0 Å². The molecule has 6 aliphatic rings. The van der Waals surface area contributed by atoms with Gasteiger partial charge in [0.2, 0.25) is 0 Å². The summed E-state index contributed by atoms with van der Waals surface area (Å²) in [5, 5.41) is 0. The molecule has 6 fully saturated rings. The van der Waals surface area contributed by atoms with Gasteiger partial charge < -0.3 is 0 Å². The second-order valence-electron chi connectivity index (χ2n) is 7.15. The van der Waals surface area contributed by atoms with E-state index in [0.29, 0.717) is 35.5 Å². The summed E-state index contributed by atoms with van der Waals surface area (Å²) >= 11 is 0. The third-order valence-corrected chi connectivity index (χ3v) is 7.68. The molecule has 4 bridgehead atoms. The molecule has 0 aromatic rings. The zero-order valence-electron chi connectivity index (χ0n) is 11.0. The van der Waals surface area contributed by atoms with Gasteiger partial charge in [-0.3, -0.25) is 8.37 Å². The lowest BCUT2D eigenvalue weighted by Gasteiger charge is -2.63. The van der Waals surface area contributed by atoms with Crippen molar-refractivity contribution in [2.24, 2.45) is 47.3 Å². The van der Waals surface area contributed by atoms with E-state index < -0.39 is 20.2 Å². The molecule has 112 valence electrons. The van der Waals surface area contributed by atoms with Crippen molar-refractivity contribution >= 4 is 20.2 Å². The predicted octanol–water partition coefficient (Wildman–Crippen LogP) is -0.326. The summed E-state index contributed by atoms with van der Waals surface area (Å²) in [5.74, 6) is 2.99. The van der Waals surface area contributed by atoms with Crippen molar-refractivity contribution in [3.05, 3.63) is 0 Å². The van der Waals surface area contributed by atoms with Crippen LogP contribution in [0.4, 0.5) is 0 Å². The molecule has 0 heterocycles. The van der Waals surface area contributed by atoms with Crippen LogP contribution in [0, 0.1) is 47.3 Å². The highest BCUT2D eigenvalue weighted by molar-refractivity contribution is 7.86. The zero-order valence-corrected chi connectivity index (χ0v) is 12.7. The van der Waals surface area contributed by atoms with Crippen molar-refractivity contribution in [1.82, 2.24) is 0 Å². The third-order valence-electron chi connectivity index (χ3n) is 6.53. The third kappa shape index (κ3) is 1.16. The molecular weight excluding hydrogens is 304 g/mol. The Hall–Kier alpha value is -0.180. The van der Waals surface area contributed by atoms with Gasteiger partial charge in [-0.2, -0.15) is 16.8 Å². The summed E-state index contributed by atoms with van der Waals surface area (Å²) in [5.41, 5.74) is 0. The van der Waals surface area contributed by atoms with E-state index in [1.807, 2.05) is 0 Å². The maximum Gasteiger partial charge on any atom is 0.264 e. The molecule has 0 aromatic heterocycles. The van der Waals surface area contributed by atoms with Gasteiger partial charge in [-0.1, -0.05) is 0 Å². The van der Waals surface area contributed by atoms with Crippen LogP contribution >= 0.6 is 0 Å².